The summed E-state index contributed by atoms with van der Waals surface area (Å²) >= 11 is 5.88. The Morgan fingerprint density at radius 1 is 1.24 bits per heavy atom. The van der Waals surface area contributed by atoms with E-state index in [1.807, 2.05) is 0 Å². The number of imide groups is 1. The molecule has 0 aliphatic carbocycles. The average Bonchev–Trinajstić information content (AvgIpc) is 3.01. The molecule has 0 unspecified atom stereocenters. The lowest BCUT2D eigenvalue weighted by atomic mass is 10.2. The molecule has 25 heavy (non-hydrogen) atoms. The fraction of sp³-hybridized carbons (Fsp3) is 0.500. The highest BCUT2D eigenvalue weighted by Crippen LogP contribution is 2.27. The van der Waals surface area contributed by atoms with Crippen molar-refractivity contribution in [2.45, 2.75) is 25.4 Å². The summed E-state index contributed by atoms with van der Waals surface area (Å²) in [4.78, 5) is 29.6. The smallest absolute Gasteiger partial charge is 0.285 e. The molecule has 1 aromatic carbocycles. The van der Waals surface area contributed by atoms with Crippen LogP contribution in [0.15, 0.2) is 24.3 Å². The quantitative estimate of drug-likeness (QED) is 0.735. The van der Waals surface area contributed by atoms with E-state index in [-0.39, 0.29) is 30.1 Å². The predicted molar refractivity (Wildman–Crippen MR) is 95.3 cm³/mol. The van der Waals surface area contributed by atoms with Gasteiger partial charge in [-0.3, -0.25) is 14.6 Å². The third-order valence-corrected chi connectivity index (χ3v) is 6.75. The topological polar surface area (TPSA) is 78.0 Å². The first kappa shape index (κ1) is 18.2. The second kappa shape index (κ2) is 6.59. The van der Waals surface area contributed by atoms with Crippen LogP contribution in [0.5, 0.6) is 0 Å². The number of nitrogens with zero attached hydrogens (tertiary/aromatic N) is 3. The molecule has 0 bridgehead atoms. The first-order valence-electron chi connectivity index (χ1n) is 8.00. The number of hydrogen-bond donors (Lipinski definition) is 0. The molecule has 136 valence electrons. The van der Waals surface area contributed by atoms with Crippen LogP contribution >= 0.6 is 11.6 Å². The summed E-state index contributed by atoms with van der Waals surface area (Å²) in [5.74, 6) is -0.0828. The van der Waals surface area contributed by atoms with Crippen LogP contribution < -0.4 is 4.90 Å². The lowest BCUT2D eigenvalue weighted by Gasteiger charge is -2.27. The summed E-state index contributed by atoms with van der Waals surface area (Å²) in [6, 6.07) is 5.52. The van der Waals surface area contributed by atoms with Gasteiger partial charge in [-0.1, -0.05) is 11.6 Å². The summed E-state index contributed by atoms with van der Waals surface area (Å²) in [6.07, 6.45) is 0.519. The van der Waals surface area contributed by atoms with Crippen molar-refractivity contribution in [3.63, 3.8) is 0 Å². The van der Waals surface area contributed by atoms with Gasteiger partial charge in [-0.05, 0) is 44.7 Å². The predicted octanol–water partition coefficient (Wildman–Crippen LogP) is 1.57. The molecule has 3 amide bonds. The Bertz CT molecular complexity index is 796. The van der Waals surface area contributed by atoms with Gasteiger partial charge < -0.3 is 0 Å². The summed E-state index contributed by atoms with van der Waals surface area (Å²) in [6.45, 7) is 1.75. The summed E-state index contributed by atoms with van der Waals surface area (Å²) in [5.41, 5.74) is 0.601. The Morgan fingerprint density at radius 2 is 1.88 bits per heavy atom. The van der Waals surface area contributed by atoms with Crippen molar-refractivity contribution in [1.29, 1.82) is 0 Å². The second-order valence-electron chi connectivity index (χ2n) is 6.53. The highest BCUT2D eigenvalue weighted by molar-refractivity contribution is 7.91. The molecule has 0 saturated carbocycles. The number of urea groups is 1. The Kier molecular flexibility index (Phi) is 4.78. The lowest BCUT2D eigenvalue weighted by molar-refractivity contribution is -0.128. The van der Waals surface area contributed by atoms with E-state index in [0.717, 1.165) is 0 Å². The van der Waals surface area contributed by atoms with Gasteiger partial charge in [0.05, 0.1) is 18.2 Å². The van der Waals surface area contributed by atoms with E-state index < -0.39 is 21.9 Å². The number of anilines is 1. The van der Waals surface area contributed by atoms with E-state index in [1.54, 1.807) is 43.1 Å². The number of rotatable bonds is 4. The number of carbonyl (C=O) groups is 2. The zero-order chi connectivity index (χ0) is 18.4. The molecule has 2 saturated heterocycles. The van der Waals surface area contributed by atoms with Gasteiger partial charge >= 0.3 is 6.03 Å². The lowest BCUT2D eigenvalue weighted by Crippen LogP contribution is -2.45. The molecule has 2 aliphatic heterocycles. The first-order chi connectivity index (χ1) is 11.7. The fourth-order valence-corrected chi connectivity index (χ4v) is 5.18. The van der Waals surface area contributed by atoms with Crippen LogP contribution in [0.4, 0.5) is 10.5 Å². The van der Waals surface area contributed by atoms with Crippen LogP contribution in [0.2, 0.25) is 5.02 Å². The van der Waals surface area contributed by atoms with Gasteiger partial charge in [0.2, 0.25) is 0 Å². The van der Waals surface area contributed by atoms with Gasteiger partial charge in [-0.2, -0.15) is 0 Å². The van der Waals surface area contributed by atoms with Gasteiger partial charge in [-0.15, -0.1) is 0 Å². The van der Waals surface area contributed by atoms with Crippen LogP contribution in [0.25, 0.3) is 0 Å². The molecule has 3 rings (SSSR count). The van der Waals surface area contributed by atoms with E-state index in [4.69, 9.17) is 11.6 Å². The highest BCUT2D eigenvalue weighted by Gasteiger charge is 2.44. The van der Waals surface area contributed by atoms with Crippen LogP contribution in [0.1, 0.15) is 13.3 Å². The maximum absolute atomic E-state index is 12.7. The van der Waals surface area contributed by atoms with Gasteiger partial charge in [0.1, 0.15) is 6.04 Å². The normalized spacial score (nSPS) is 26.1. The molecular formula is C16H20ClN3O4S. The molecule has 9 heteroatoms. The standard InChI is InChI=1S/C16H20ClN3O4S/c1-11-15(21)19(10-18(2)14-7-8-25(23,24)9-14)16(22)20(11)13-5-3-12(17)4-6-13/h3-6,11,14H,7-10H2,1-2H3/t11-,14+/m1/s1. The van der Waals surface area contributed by atoms with Crippen molar-refractivity contribution in [1.82, 2.24) is 9.80 Å². The zero-order valence-corrected chi connectivity index (χ0v) is 15.6. The molecule has 0 N–H and O–H groups in total. The van der Waals surface area contributed by atoms with Gasteiger partial charge in [0.15, 0.2) is 9.84 Å². The van der Waals surface area contributed by atoms with E-state index >= 15 is 0 Å². The summed E-state index contributed by atoms with van der Waals surface area (Å²) in [5, 5.41) is 0.549. The van der Waals surface area contributed by atoms with Crippen LogP contribution in [-0.4, -0.2) is 67.5 Å². The molecule has 2 fully saturated rings. The van der Waals surface area contributed by atoms with Crippen molar-refractivity contribution < 1.29 is 18.0 Å². The molecule has 7 nitrogen and oxygen atoms in total. The molecule has 2 atom stereocenters. The zero-order valence-electron chi connectivity index (χ0n) is 14.1. The number of amides is 3. The minimum absolute atomic E-state index is 0.0656. The Balaban J connectivity index is 1.75. The maximum atomic E-state index is 12.7. The molecule has 1 aromatic rings. The minimum atomic E-state index is -3.02. The highest BCUT2D eigenvalue weighted by atomic mass is 35.5. The number of carbonyl (C=O) groups excluding carboxylic acids is 2. The largest absolute Gasteiger partial charge is 0.333 e. The first-order valence-corrected chi connectivity index (χ1v) is 10.2. The number of halogens is 1. The monoisotopic (exact) mass is 385 g/mol. The van der Waals surface area contributed by atoms with Gasteiger partial charge in [0, 0.05) is 16.8 Å². The Morgan fingerprint density at radius 3 is 2.44 bits per heavy atom. The van der Waals surface area contributed by atoms with E-state index in [2.05, 4.69) is 0 Å². The van der Waals surface area contributed by atoms with E-state index in [0.29, 0.717) is 17.1 Å². The molecule has 0 radical (unpaired) electrons. The van der Waals surface area contributed by atoms with E-state index in [1.165, 1.54) is 9.80 Å². The van der Waals surface area contributed by atoms with Crippen molar-refractivity contribution in [2.75, 3.05) is 30.1 Å². The molecule has 0 spiro atoms. The number of benzene rings is 1. The molecule has 2 aliphatic rings. The fourth-order valence-electron chi connectivity index (χ4n) is 3.25. The van der Waals surface area contributed by atoms with Crippen molar-refractivity contribution >= 4 is 39.1 Å². The number of hydrogen-bond acceptors (Lipinski definition) is 5. The van der Waals surface area contributed by atoms with Crippen LogP contribution in [-0.2, 0) is 14.6 Å². The summed E-state index contributed by atoms with van der Waals surface area (Å²) < 4.78 is 23.3. The third kappa shape index (κ3) is 3.51. The SMILES string of the molecule is C[C@@H]1C(=O)N(CN(C)[C@H]2CCS(=O)(=O)C2)C(=O)N1c1ccc(Cl)cc1. The second-order valence-corrected chi connectivity index (χ2v) is 9.19. The Hall–Kier alpha value is -1.64. The minimum Gasteiger partial charge on any atom is -0.285 e. The van der Waals surface area contributed by atoms with Gasteiger partial charge in [-0.25, -0.2) is 18.1 Å². The van der Waals surface area contributed by atoms with Crippen LogP contribution in [0, 0.1) is 0 Å². The van der Waals surface area contributed by atoms with Crippen molar-refractivity contribution in [3.05, 3.63) is 29.3 Å². The maximum Gasteiger partial charge on any atom is 0.333 e. The number of sulfone groups is 1. The van der Waals surface area contributed by atoms with E-state index in [9.17, 15) is 18.0 Å². The Labute approximate surface area is 152 Å². The average molecular weight is 386 g/mol. The van der Waals surface area contributed by atoms with Crippen LogP contribution in [0.3, 0.4) is 0 Å². The molecule has 2 heterocycles. The molecule has 0 aromatic heterocycles. The van der Waals surface area contributed by atoms with Gasteiger partial charge in [0.25, 0.3) is 5.91 Å². The molecular weight excluding hydrogens is 366 g/mol. The third-order valence-electron chi connectivity index (χ3n) is 4.75. The van der Waals surface area contributed by atoms with Crippen molar-refractivity contribution in [2.24, 2.45) is 0 Å². The van der Waals surface area contributed by atoms with Crippen molar-refractivity contribution in [3.8, 4) is 0 Å². The summed E-state index contributed by atoms with van der Waals surface area (Å²) in [7, 11) is -1.28.